The lowest BCUT2D eigenvalue weighted by atomic mass is 9.68. The highest BCUT2D eigenvalue weighted by atomic mass is 16.5. The molecule has 0 saturated heterocycles. The number of carbonyl (C=O) groups excluding carboxylic acids is 1. The molecule has 2 aliphatic carbocycles. The Hall–Kier alpha value is -1.31. The minimum atomic E-state index is -0.170. The second-order valence-electron chi connectivity index (χ2n) is 10.4. The van der Waals surface area contributed by atoms with Gasteiger partial charge >= 0.3 is 5.97 Å². The van der Waals surface area contributed by atoms with E-state index in [0.29, 0.717) is 18.1 Å². The highest BCUT2D eigenvalue weighted by molar-refractivity contribution is 5.89. The molecule has 0 heterocycles. The van der Waals surface area contributed by atoms with Crippen LogP contribution in [0.4, 0.5) is 0 Å². The summed E-state index contributed by atoms with van der Waals surface area (Å²) in [5.74, 6) is 3.49. The van der Waals surface area contributed by atoms with Crippen molar-refractivity contribution in [2.24, 2.45) is 17.8 Å². The lowest BCUT2D eigenvalue weighted by Gasteiger charge is -2.38. The Morgan fingerprint density at radius 3 is 1.97 bits per heavy atom. The van der Waals surface area contributed by atoms with Crippen molar-refractivity contribution >= 4 is 5.97 Å². The topological polar surface area (TPSA) is 26.3 Å². The number of unbranched alkanes of at least 4 members (excludes halogenated alkanes) is 4. The summed E-state index contributed by atoms with van der Waals surface area (Å²) in [6, 6.07) is 8.30. The van der Waals surface area contributed by atoms with Gasteiger partial charge in [-0.2, -0.15) is 0 Å². The molecular weight excluding hydrogens is 380 g/mol. The van der Waals surface area contributed by atoms with Gasteiger partial charge in [-0.3, -0.25) is 0 Å². The molecule has 0 amide bonds. The van der Waals surface area contributed by atoms with E-state index in [-0.39, 0.29) is 5.97 Å². The summed E-state index contributed by atoms with van der Waals surface area (Å²) in [5.41, 5.74) is 2.12. The van der Waals surface area contributed by atoms with E-state index < -0.39 is 0 Å². The van der Waals surface area contributed by atoms with Crippen LogP contribution in [0.15, 0.2) is 24.3 Å². The standard InChI is InChI=1S/C29H46O2/c1-3-5-7-9-23-10-12-24(13-11-23)25-14-16-26(17-15-25)27-18-20-28(21-19-27)29(30)31-22-8-6-4-2/h18-21,23-26H,3-17,22H2,1-2H3/t23-,24-,25?,26?. The molecular formula is C29H46O2. The van der Waals surface area contributed by atoms with Crippen molar-refractivity contribution < 1.29 is 9.53 Å². The summed E-state index contributed by atoms with van der Waals surface area (Å²) >= 11 is 0. The maximum Gasteiger partial charge on any atom is 0.338 e. The highest BCUT2D eigenvalue weighted by Gasteiger charge is 2.31. The molecule has 1 aromatic carbocycles. The molecule has 2 saturated carbocycles. The second-order valence-corrected chi connectivity index (χ2v) is 10.4. The fourth-order valence-electron chi connectivity index (χ4n) is 6.05. The van der Waals surface area contributed by atoms with Crippen molar-refractivity contribution in [3.63, 3.8) is 0 Å². The maximum absolute atomic E-state index is 12.2. The first kappa shape index (κ1) is 24.3. The van der Waals surface area contributed by atoms with E-state index in [1.54, 1.807) is 0 Å². The number of hydrogen-bond donors (Lipinski definition) is 0. The Bertz CT molecular complexity index is 619. The van der Waals surface area contributed by atoms with Gasteiger partial charge in [-0.1, -0.05) is 77.3 Å². The fourth-order valence-corrected chi connectivity index (χ4v) is 6.05. The molecule has 2 aliphatic rings. The van der Waals surface area contributed by atoms with Gasteiger partial charge < -0.3 is 4.74 Å². The zero-order valence-corrected chi connectivity index (χ0v) is 20.2. The van der Waals surface area contributed by atoms with E-state index in [1.165, 1.54) is 82.6 Å². The number of hydrogen-bond acceptors (Lipinski definition) is 2. The monoisotopic (exact) mass is 426 g/mol. The van der Waals surface area contributed by atoms with Gasteiger partial charge in [0.15, 0.2) is 0 Å². The van der Waals surface area contributed by atoms with Gasteiger partial charge in [-0.15, -0.1) is 0 Å². The van der Waals surface area contributed by atoms with Crippen LogP contribution in [0.25, 0.3) is 0 Å². The zero-order valence-electron chi connectivity index (χ0n) is 20.2. The molecule has 0 bridgehead atoms. The van der Waals surface area contributed by atoms with E-state index in [9.17, 15) is 4.79 Å². The average molecular weight is 427 g/mol. The van der Waals surface area contributed by atoms with Gasteiger partial charge in [0.2, 0.25) is 0 Å². The number of carbonyl (C=O) groups is 1. The van der Waals surface area contributed by atoms with Crippen molar-refractivity contribution in [3.05, 3.63) is 35.4 Å². The quantitative estimate of drug-likeness (QED) is 0.261. The van der Waals surface area contributed by atoms with Crippen molar-refractivity contribution in [1.82, 2.24) is 0 Å². The lowest BCUT2D eigenvalue weighted by Crippen LogP contribution is -2.25. The second kappa shape index (κ2) is 13.3. The molecule has 3 rings (SSSR count). The Labute approximate surface area is 191 Å². The molecule has 0 N–H and O–H groups in total. The third-order valence-electron chi connectivity index (χ3n) is 8.14. The third-order valence-corrected chi connectivity index (χ3v) is 8.14. The van der Waals surface area contributed by atoms with Gasteiger partial charge in [0, 0.05) is 0 Å². The van der Waals surface area contributed by atoms with Gasteiger partial charge in [-0.25, -0.2) is 4.79 Å². The molecule has 31 heavy (non-hydrogen) atoms. The smallest absolute Gasteiger partial charge is 0.338 e. The molecule has 0 spiro atoms. The average Bonchev–Trinajstić information content (AvgIpc) is 2.83. The normalized spacial score (nSPS) is 26.5. The first-order valence-electron chi connectivity index (χ1n) is 13.5. The third kappa shape index (κ3) is 7.65. The minimum absolute atomic E-state index is 0.170. The minimum Gasteiger partial charge on any atom is -0.462 e. The Morgan fingerprint density at radius 1 is 0.774 bits per heavy atom. The fraction of sp³-hybridized carbons (Fsp3) is 0.759. The molecule has 0 aliphatic heterocycles. The van der Waals surface area contributed by atoms with Crippen LogP contribution in [0.3, 0.4) is 0 Å². The number of rotatable bonds is 11. The molecule has 0 radical (unpaired) electrons. The van der Waals surface area contributed by atoms with Crippen LogP contribution < -0.4 is 0 Å². The van der Waals surface area contributed by atoms with Crippen LogP contribution in [-0.4, -0.2) is 12.6 Å². The molecule has 2 fully saturated rings. The first-order chi connectivity index (χ1) is 15.2. The van der Waals surface area contributed by atoms with Crippen molar-refractivity contribution in [3.8, 4) is 0 Å². The van der Waals surface area contributed by atoms with Crippen LogP contribution in [0, 0.1) is 17.8 Å². The summed E-state index contributed by atoms with van der Waals surface area (Å²) in [7, 11) is 0. The summed E-state index contributed by atoms with van der Waals surface area (Å²) in [5, 5.41) is 0. The zero-order chi connectivity index (χ0) is 21.9. The van der Waals surface area contributed by atoms with Crippen LogP contribution in [0.5, 0.6) is 0 Å². The number of ether oxygens (including phenoxy) is 1. The van der Waals surface area contributed by atoms with Gasteiger partial charge in [0.25, 0.3) is 0 Å². The van der Waals surface area contributed by atoms with E-state index >= 15 is 0 Å². The Kier molecular flexibility index (Phi) is 10.4. The largest absolute Gasteiger partial charge is 0.462 e. The van der Waals surface area contributed by atoms with Gasteiger partial charge in [0.1, 0.15) is 0 Å². The summed E-state index contributed by atoms with van der Waals surface area (Å²) in [4.78, 5) is 12.2. The lowest BCUT2D eigenvalue weighted by molar-refractivity contribution is 0.0498. The van der Waals surface area contributed by atoms with Crippen LogP contribution in [0.1, 0.15) is 132 Å². The Balaban J connectivity index is 1.38. The number of benzene rings is 1. The van der Waals surface area contributed by atoms with Crippen LogP contribution in [0.2, 0.25) is 0 Å². The Morgan fingerprint density at radius 2 is 1.35 bits per heavy atom. The van der Waals surface area contributed by atoms with E-state index in [4.69, 9.17) is 4.74 Å². The molecule has 174 valence electrons. The van der Waals surface area contributed by atoms with Crippen molar-refractivity contribution in [2.45, 2.75) is 116 Å². The molecule has 2 heteroatoms. The van der Waals surface area contributed by atoms with Crippen molar-refractivity contribution in [2.75, 3.05) is 6.61 Å². The molecule has 2 nitrogen and oxygen atoms in total. The maximum atomic E-state index is 12.2. The van der Waals surface area contributed by atoms with Gasteiger partial charge in [0.05, 0.1) is 12.2 Å². The summed E-state index contributed by atoms with van der Waals surface area (Å²) < 4.78 is 5.39. The predicted molar refractivity (Wildman–Crippen MR) is 131 cm³/mol. The number of esters is 1. The molecule has 1 aromatic rings. The van der Waals surface area contributed by atoms with Gasteiger partial charge in [-0.05, 0) is 86.3 Å². The summed E-state index contributed by atoms with van der Waals surface area (Å²) in [6.07, 6.45) is 20.3. The highest BCUT2D eigenvalue weighted by Crippen LogP contribution is 2.44. The van der Waals surface area contributed by atoms with Crippen LogP contribution >= 0.6 is 0 Å². The van der Waals surface area contributed by atoms with E-state index in [0.717, 1.165) is 37.0 Å². The van der Waals surface area contributed by atoms with Crippen LogP contribution in [-0.2, 0) is 4.74 Å². The molecule has 0 atom stereocenters. The van der Waals surface area contributed by atoms with E-state index in [1.807, 2.05) is 12.1 Å². The SMILES string of the molecule is CCCCCOC(=O)c1ccc(C2CCC([C@H]3CC[C@H](CCCCC)CC3)CC2)cc1. The van der Waals surface area contributed by atoms with E-state index in [2.05, 4.69) is 26.0 Å². The summed E-state index contributed by atoms with van der Waals surface area (Å²) in [6.45, 7) is 5.01. The first-order valence-corrected chi connectivity index (χ1v) is 13.5. The molecule has 0 unspecified atom stereocenters. The predicted octanol–water partition coefficient (Wildman–Crippen LogP) is 8.69. The molecule has 0 aromatic heterocycles. The van der Waals surface area contributed by atoms with Crippen molar-refractivity contribution in [1.29, 1.82) is 0 Å².